The van der Waals surface area contributed by atoms with E-state index in [9.17, 15) is 4.79 Å². The number of carbonyl (C=O) groups is 1. The molecule has 2 aromatic carbocycles. The first kappa shape index (κ1) is 19.6. The van der Waals surface area contributed by atoms with Crippen LogP contribution in [0.1, 0.15) is 42.3 Å². The summed E-state index contributed by atoms with van der Waals surface area (Å²) in [7, 11) is 0. The van der Waals surface area contributed by atoms with Crippen LogP contribution in [0.5, 0.6) is 17.2 Å². The Labute approximate surface area is 155 Å². The maximum atomic E-state index is 12.4. The number of hydrogen-bond acceptors (Lipinski definition) is 4. The monoisotopic (exact) mass is 354 g/mol. The molecule has 0 aliphatic carbocycles. The van der Waals surface area contributed by atoms with Crippen molar-refractivity contribution in [2.24, 2.45) is 0 Å². The fourth-order valence-corrected chi connectivity index (χ4v) is 2.56. The molecular formula is C22H26O4. The van der Waals surface area contributed by atoms with Gasteiger partial charge in [0.2, 0.25) is 0 Å². The number of allylic oxidation sites excluding steroid dienone is 1. The van der Waals surface area contributed by atoms with Gasteiger partial charge in [-0.15, -0.1) is 0 Å². The van der Waals surface area contributed by atoms with Crippen molar-refractivity contribution in [1.29, 1.82) is 0 Å². The van der Waals surface area contributed by atoms with E-state index >= 15 is 0 Å². The summed E-state index contributed by atoms with van der Waals surface area (Å²) in [4.78, 5) is 12.4. The highest BCUT2D eigenvalue weighted by molar-refractivity contribution is 6.07. The molecular weight excluding hydrogens is 328 g/mol. The summed E-state index contributed by atoms with van der Waals surface area (Å²) in [6.45, 7) is 9.52. The van der Waals surface area contributed by atoms with E-state index in [1.54, 1.807) is 36.4 Å². The maximum Gasteiger partial charge on any atom is 0.185 e. The fraction of sp³-hybridized carbons (Fsp3) is 0.318. The van der Waals surface area contributed by atoms with Gasteiger partial charge in [-0.3, -0.25) is 4.79 Å². The first-order valence-corrected chi connectivity index (χ1v) is 8.94. The van der Waals surface area contributed by atoms with Crippen molar-refractivity contribution in [3.63, 3.8) is 0 Å². The third kappa shape index (κ3) is 5.12. The van der Waals surface area contributed by atoms with Crippen LogP contribution in [0.25, 0.3) is 6.08 Å². The van der Waals surface area contributed by atoms with Crippen molar-refractivity contribution in [2.75, 3.05) is 19.8 Å². The predicted octanol–water partition coefficient (Wildman–Crippen LogP) is 5.09. The Morgan fingerprint density at radius 2 is 1.50 bits per heavy atom. The highest BCUT2D eigenvalue weighted by atomic mass is 16.5. The zero-order valence-electron chi connectivity index (χ0n) is 15.9. The summed E-state index contributed by atoms with van der Waals surface area (Å²) in [6.07, 6.45) is 3.35. The van der Waals surface area contributed by atoms with Crippen molar-refractivity contribution in [3.05, 3.63) is 59.2 Å². The first-order chi connectivity index (χ1) is 12.6. The second-order valence-corrected chi connectivity index (χ2v) is 5.68. The second-order valence-electron chi connectivity index (χ2n) is 5.68. The minimum absolute atomic E-state index is 0.0676. The predicted molar refractivity (Wildman–Crippen MR) is 104 cm³/mol. The maximum absolute atomic E-state index is 12.4. The average molecular weight is 354 g/mol. The Balaban J connectivity index is 2.22. The molecule has 2 rings (SSSR count). The smallest absolute Gasteiger partial charge is 0.185 e. The molecule has 0 N–H and O–H groups in total. The number of ether oxygens (including phenoxy) is 3. The van der Waals surface area contributed by atoms with E-state index in [1.807, 2.05) is 39.8 Å². The van der Waals surface area contributed by atoms with Crippen molar-refractivity contribution >= 4 is 11.9 Å². The van der Waals surface area contributed by atoms with Crippen LogP contribution in [-0.2, 0) is 0 Å². The molecule has 0 saturated carbocycles. The van der Waals surface area contributed by atoms with Gasteiger partial charge >= 0.3 is 0 Å². The lowest BCUT2D eigenvalue weighted by molar-refractivity contribution is 0.104. The van der Waals surface area contributed by atoms with E-state index in [4.69, 9.17) is 14.2 Å². The van der Waals surface area contributed by atoms with E-state index in [0.717, 1.165) is 22.6 Å². The SMILES string of the molecule is CCOc1ccc(C(=O)/C=C/c2cc(C)c(OCC)cc2OCC)cc1. The van der Waals surface area contributed by atoms with E-state index in [2.05, 4.69) is 0 Å². The van der Waals surface area contributed by atoms with Crippen LogP contribution in [0, 0.1) is 6.92 Å². The molecule has 0 radical (unpaired) electrons. The summed E-state index contributed by atoms with van der Waals surface area (Å²) in [5.74, 6) is 2.19. The molecule has 2 aromatic rings. The fourth-order valence-electron chi connectivity index (χ4n) is 2.56. The lowest BCUT2D eigenvalue weighted by Gasteiger charge is -2.13. The van der Waals surface area contributed by atoms with Gasteiger partial charge in [-0.25, -0.2) is 0 Å². The molecule has 4 heteroatoms. The third-order valence-electron chi connectivity index (χ3n) is 3.77. The van der Waals surface area contributed by atoms with Crippen LogP contribution in [0.4, 0.5) is 0 Å². The zero-order chi connectivity index (χ0) is 18.9. The molecule has 26 heavy (non-hydrogen) atoms. The molecule has 0 spiro atoms. The Bertz CT molecular complexity index is 760. The molecule has 4 nitrogen and oxygen atoms in total. The third-order valence-corrected chi connectivity index (χ3v) is 3.77. The Hall–Kier alpha value is -2.75. The molecule has 0 aromatic heterocycles. The molecule has 0 aliphatic heterocycles. The van der Waals surface area contributed by atoms with Gasteiger partial charge in [0.15, 0.2) is 5.78 Å². The van der Waals surface area contributed by atoms with Crippen molar-refractivity contribution in [2.45, 2.75) is 27.7 Å². The van der Waals surface area contributed by atoms with Crippen LogP contribution in [0.2, 0.25) is 0 Å². The molecule has 0 amide bonds. The van der Waals surface area contributed by atoms with Crippen molar-refractivity contribution in [3.8, 4) is 17.2 Å². The molecule has 0 fully saturated rings. The standard InChI is InChI=1S/C22H26O4/c1-5-24-19-11-8-17(9-12-19)20(23)13-10-18-14-16(4)21(25-6-2)15-22(18)26-7-3/h8-15H,5-7H2,1-4H3/b13-10+. The number of rotatable bonds is 9. The number of benzene rings is 2. The van der Waals surface area contributed by atoms with Gasteiger partial charge in [-0.05, 0) is 75.7 Å². The zero-order valence-corrected chi connectivity index (χ0v) is 15.9. The van der Waals surface area contributed by atoms with Gasteiger partial charge in [-0.1, -0.05) is 0 Å². The van der Waals surface area contributed by atoms with Gasteiger partial charge in [0.1, 0.15) is 17.2 Å². The van der Waals surface area contributed by atoms with E-state index in [1.165, 1.54) is 0 Å². The minimum Gasteiger partial charge on any atom is -0.494 e. The summed E-state index contributed by atoms with van der Waals surface area (Å²) < 4.78 is 16.7. The highest BCUT2D eigenvalue weighted by Crippen LogP contribution is 2.30. The van der Waals surface area contributed by atoms with E-state index in [-0.39, 0.29) is 5.78 Å². The lowest BCUT2D eigenvalue weighted by Crippen LogP contribution is -1.99. The number of ketones is 1. The quantitative estimate of drug-likeness (QED) is 0.465. The van der Waals surface area contributed by atoms with Crippen LogP contribution in [0.3, 0.4) is 0 Å². The van der Waals surface area contributed by atoms with Crippen molar-refractivity contribution in [1.82, 2.24) is 0 Å². The molecule has 0 heterocycles. The Kier molecular flexibility index (Phi) is 7.27. The van der Waals surface area contributed by atoms with Gasteiger partial charge in [0.05, 0.1) is 19.8 Å². The average Bonchev–Trinajstić information content (AvgIpc) is 2.64. The normalized spacial score (nSPS) is 10.8. The molecule has 138 valence electrons. The number of aryl methyl sites for hydroxylation is 1. The van der Waals surface area contributed by atoms with Crippen LogP contribution >= 0.6 is 0 Å². The second kappa shape index (κ2) is 9.66. The van der Waals surface area contributed by atoms with Crippen LogP contribution in [-0.4, -0.2) is 25.6 Å². The first-order valence-electron chi connectivity index (χ1n) is 8.94. The van der Waals surface area contributed by atoms with Gasteiger partial charge in [-0.2, -0.15) is 0 Å². The van der Waals surface area contributed by atoms with Gasteiger partial charge < -0.3 is 14.2 Å². The summed E-state index contributed by atoms with van der Waals surface area (Å²) in [5.41, 5.74) is 2.47. The van der Waals surface area contributed by atoms with E-state index in [0.29, 0.717) is 31.1 Å². The largest absolute Gasteiger partial charge is 0.494 e. The molecule has 0 aliphatic rings. The summed E-state index contributed by atoms with van der Waals surface area (Å²) in [5, 5.41) is 0. The van der Waals surface area contributed by atoms with E-state index < -0.39 is 0 Å². The molecule has 0 bridgehead atoms. The molecule has 0 atom stereocenters. The van der Waals surface area contributed by atoms with Gasteiger partial charge in [0, 0.05) is 17.2 Å². The Morgan fingerprint density at radius 3 is 2.12 bits per heavy atom. The molecule has 0 saturated heterocycles. The molecule has 0 unspecified atom stereocenters. The number of hydrogen-bond donors (Lipinski definition) is 0. The lowest BCUT2D eigenvalue weighted by atomic mass is 10.1. The Morgan fingerprint density at radius 1 is 0.885 bits per heavy atom. The summed E-state index contributed by atoms with van der Waals surface area (Å²) >= 11 is 0. The number of carbonyl (C=O) groups excluding carboxylic acids is 1. The highest BCUT2D eigenvalue weighted by Gasteiger charge is 2.09. The topological polar surface area (TPSA) is 44.8 Å². The van der Waals surface area contributed by atoms with Crippen LogP contribution < -0.4 is 14.2 Å². The van der Waals surface area contributed by atoms with Crippen LogP contribution in [0.15, 0.2) is 42.5 Å². The summed E-state index contributed by atoms with van der Waals surface area (Å²) in [6, 6.07) is 11.0. The van der Waals surface area contributed by atoms with Crippen molar-refractivity contribution < 1.29 is 19.0 Å². The minimum atomic E-state index is -0.0676. The van der Waals surface area contributed by atoms with Gasteiger partial charge in [0.25, 0.3) is 0 Å².